The van der Waals surface area contributed by atoms with Gasteiger partial charge in [-0.3, -0.25) is 4.90 Å². The molecule has 2 aliphatic heterocycles. The molecule has 1 unspecified atom stereocenters. The van der Waals surface area contributed by atoms with Crippen LogP contribution in [0.2, 0.25) is 0 Å². The molecule has 3 heterocycles. The van der Waals surface area contributed by atoms with Gasteiger partial charge in [0, 0.05) is 44.3 Å². The van der Waals surface area contributed by atoms with Crippen LogP contribution in [0.4, 0.5) is 0 Å². The number of aromatic nitrogens is 1. The van der Waals surface area contributed by atoms with Crippen molar-refractivity contribution in [1.29, 1.82) is 0 Å². The Morgan fingerprint density at radius 1 is 1.33 bits per heavy atom. The fraction of sp³-hybridized carbons (Fsp3) is 0.842. The van der Waals surface area contributed by atoms with Crippen LogP contribution in [0.15, 0.2) is 5.51 Å². The summed E-state index contributed by atoms with van der Waals surface area (Å²) in [5.41, 5.74) is 3.26. The molecule has 24 heavy (non-hydrogen) atoms. The predicted molar refractivity (Wildman–Crippen MR) is 96.3 cm³/mol. The minimum Gasteiger partial charge on any atom is -0.381 e. The summed E-state index contributed by atoms with van der Waals surface area (Å²) in [6.07, 6.45) is 7.94. The van der Waals surface area contributed by atoms with Crippen molar-refractivity contribution < 1.29 is 9.47 Å². The molecule has 4 rings (SSSR count). The highest BCUT2D eigenvalue weighted by atomic mass is 32.1. The van der Waals surface area contributed by atoms with E-state index in [4.69, 9.17) is 9.47 Å². The fourth-order valence-corrected chi connectivity index (χ4v) is 5.52. The maximum atomic E-state index is 6.19. The molecule has 1 atom stereocenters. The third-order valence-corrected chi connectivity index (χ3v) is 7.15. The SMILES string of the molecule is Cc1ncsc1CN1CC2(C1)OCCC2CCOCC1CCCC1. The molecule has 0 N–H and O–H groups in total. The number of hydrogen-bond acceptors (Lipinski definition) is 5. The third kappa shape index (κ3) is 3.55. The summed E-state index contributed by atoms with van der Waals surface area (Å²) in [5, 5.41) is 0. The molecule has 1 spiro atoms. The molecule has 1 aliphatic carbocycles. The molecule has 3 aliphatic rings. The summed E-state index contributed by atoms with van der Waals surface area (Å²) in [6.45, 7) is 8.14. The fourth-order valence-electron chi connectivity index (χ4n) is 4.70. The van der Waals surface area contributed by atoms with E-state index in [2.05, 4.69) is 16.8 Å². The highest BCUT2D eigenvalue weighted by Gasteiger charge is 2.52. The molecular weight excluding hydrogens is 320 g/mol. The molecule has 5 heteroatoms. The first kappa shape index (κ1) is 17.0. The standard InChI is InChI=1S/C19H30N2O2S/c1-15-18(24-14-20-15)10-21-12-19(13-21)17(7-9-23-19)6-8-22-11-16-4-2-3-5-16/h14,16-17H,2-13H2,1H3. The lowest BCUT2D eigenvalue weighted by Gasteiger charge is -2.50. The van der Waals surface area contributed by atoms with Gasteiger partial charge in [0.05, 0.1) is 16.8 Å². The van der Waals surface area contributed by atoms with E-state index >= 15 is 0 Å². The van der Waals surface area contributed by atoms with Crippen LogP contribution >= 0.6 is 11.3 Å². The summed E-state index contributed by atoms with van der Waals surface area (Å²) < 4.78 is 12.2. The maximum absolute atomic E-state index is 6.19. The van der Waals surface area contributed by atoms with E-state index in [0.717, 1.165) is 45.4 Å². The van der Waals surface area contributed by atoms with Crippen molar-refractivity contribution in [3.05, 3.63) is 16.1 Å². The Hall–Kier alpha value is -0.490. The van der Waals surface area contributed by atoms with Crippen LogP contribution in [0.5, 0.6) is 0 Å². The maximum Gasteiger partial charge on any atom is 0.0964 e. The van der Waals surface area contributed by atoms with Crippen LogP contribution in [-0.2, 0) is 16.0 Å². The van der Waals surface area contributed by atoms with E-state index in [1.54, 1.807) is 11.3 Å². The van der Waals surface area contributed by atoms with Crippen LogP contribution in [0.25, 0.3) is 0 Å². The number of aryl methyl sites for hydroxylation is 1. The van der Waals surface area contributed by atoms with Crippen molar-refractivity contribution in [2.24, 2.45) is 11.8 Å². The highest BCUT2D eigenvalue weighted by Crippen LogP contribution is 2.42. The molecule has 0 bridgehead atoms. The van der Waals surface area contributed by atoms with Gasteiger partial charge >= 0.3 is 0 Å². The Morgan fingerprint density at radius 3 is 2.92 bits per heavy atom. The molecule has 1 aromatic heterocycles. The number of hydrogen-bond donors (Lipinski definition) is 0. The molecule has 0 radical (unpaired) electrons. The minimum atomic E-state index is 0.120. The summed E-state index contributed by atoms with van der Waals surface area (Å²) in [4.78, 5) is 8.27. The molecule has 1 aromatic rings. The van der Waals surface area contributed by atoms with Gasteiger partial charge in [-0.25, -0.2) is 4.98 Å². The van der Waals surface area contributed by atoms with Crippen LogP contribution in [0, 0.1) is 18.8 Å². The number of rotatable bonds is 7. The number of ether oxygens (including phenoxy) is 2. The lowest BCUT2D eigenvalue weighted by Crippen LogP contribution is -2.64. The zero-order chi connectivity index (χ0) is 16.4. The van der Waals surface area contributed by atoms with Gasteiger partial charge in [-0.15, -0.1) is 11.3 Å². The van der Waals surface area contributed by atoms with Crippen molar-refractivity contribution in [2.75, 3.05) is 32.9 Å². The molecule has 2 saturated heterocycles. The number of nitrogens with zero attached hydrogens (tertiary/aromatic N) is 2. The van der Waals surface area contributed by atoms with E-state index in [-0.39, 0.29) is 5.60 Å². The Labute approximate surface area is 149 Å². The minimum absolute atomic E-state index is 0.120. The zero-order valence-electron chi connectivity index (χ0n) is 14.8. The second kappa shape index (κ2) is 7.40. The van der Waals surface area contributed by atoms with Crippen LogP contribution in [0.3, 0.4) is 0 Å². The molecule has 0 aromatic carbocycles. The van der Waals surface area contributed by atoms with Crippen molar-refractivity contribution in [3.8, 4) is 0 Å². The Kier molecular flexibility index (Phi) is 5.23. The van der Waals surface area contributed by atoms with Gasteiger partial charge < -0.3 is 9.47 Å². The van der Waals surface area contributed by atoms with Crippen molar-refractivity contribution >= 4 is 11.3 Å². The monoisotopic (exact) mass is 350 g/mol. The van der Waals surface area contributed by atoms with Gasteiger partial charge in [-0.2, -0.15) is 0 Å². The average Bonchev–Trinajstić information content (AvgIpc) is 3.26. The van der Waals surface area contributed by atoms with E-state index in [9.17, 15) is 0 Å². The van der Waals surface area contributed by atoms with Gasteiger partial charge in [0.2, 0.25) is 0 Å². The summed E-state index contributed by atoms with van der Waals surface area (Å²) in [7, 11) is 0. The van der Waals surface area contributed by atoms with E-state index < -0.39 is 0 Å². The third-order valence-electron chi connectivity index (χ3n) is 6.23. The molecule has 0 amide bonds. The Bertz CT molecular complexity index is 535. The first-order chi connectivity index (χ1) is 11.8. The van der Waals surface area contributed by atoms with Gasteiger partial charge in [0.15, 0.2) is 0 Å². The lowest BCUT2D eigenvalue weighted by molar-refractivity contribution is -0.139. The molecule has 134 valence electrons. The second-order valence-corrected chi connectivity index (χ2v) is 8.86. The first-order valence-electron chi connectivity index (χ1n) is 9.58. The normalized spacial score (nSPS) is 27.1. The van der Waals surface area contributed by atoms with Gasteiger partial charge in [0.25, 0.3) is 0 Å². The van der Waals surface area contributed by atoms with Crippen molar-refractivity contribution in [3.63, 3.8) is 0 Å². The van der Waals surface area contributed by atoms with Crippen LogP contribution < -0.4 is 0 Å². The smallest absolute Gasteiger partial charge is 0.0964 e. The van der Waals surface area contributed by atoms with E-state index in [1.165, 1.54) is 49.1 Å². The topological polar surface area (TPSA) is 34.6 Å². The summed E-state index contributed by atoms with van der Waals surface area (Å²) in [5.74, 6) is 1.51. The number of likely N-dealkylation sites (tertiary alicyclic amines) is 1. The largest absolute Gasteiger partial charge is 0.381 e. The van der Waals surface area contributed by atoms with Gasteiger partial charge in [-0.1, -0.05) is 12.8 Å². The van der Waals surface area contributed by atoms with Gasteiger partial charge in [-0.05, 0) is 44.4 Å². The zero-order valence-corrected chi connectivity index (χ0v) is 15.7. The first-order valence-corrected chi connectivity index (χ1v) is 10.5. The molecule has 1 saturated carbocycles. The summed E-state index contributed by atoms with van der Waals surface area (Å²) in [6, 6.07) is 0. The van der Waals surface area contributed by atoms with Crippen LogP contribution in [-0.4, -0.2) is 48.4 Å². The van der Waals surface area contributed by atoms with E-state index in [1.807, 2.05) is 5.51 Å². The van der Waals surface area contributed by atoms with Crippen molar-refractivity contribution in [2.45, 2.75) is 57.6 Å². The van der Waals surface area contributed by atoms with E-state index in [0.29, 0.717) is 5.92 Å². The summed E-state index contributed by atoms with van der Waals surface area (Å²) >= 11 is 1.77. The molecule has 4 nitrogen and oxygen atoms in total. The highest BCUT2D eigenvalue weighted by molar-refractivity contribution is 7.09. The lowest BCUT2D eigenvalue weighted by atomic mass is 9.79. The van der Waals surface area contributed by atoms with Gasteiger partial charge in [0.1, 0.15) is 0 Å². The molecular formula is C19H30N2O2S. The Balaban J connectivity index is 1.20. The van der Waals surface area contributed by atoms with Crippen molar-refractivity contribution in [1.82, 2.24) is 9.88 Å². The second-order valence-electron chi connectivity index (χ2n) is 7.92. The van der Waals surface area contributed by atoms with Crippen LogP contribution in [0.1, 0.15) is 49.1 Å². The predicted octanol–water partition coefficient (Wildman–Crippen LogP) is 3.64. The average molecular weight is 351 g/mol. The quantitative estimate of drug-likeness (QED) is 0.703. The number of thiazole rings is 1. The Morgan fingerprint density at radius 2 is 2.17 bits per heavy atom. The molecule has 3 fully saturated rings.